The molecule has 1 aromatic carbocycles. The number of rotatable bonds is 4. The van der Waals surface area contributed by atoms with Gasteiger partial charge in [-0.05, 0) is 25.3 Å². The predicted octanol–water partition coefficient (Wildman–Crippen LogP) is 2.79. The molecule has 1 fully saturated rings. The van der Waals surface area contributed by atoms with Gasteiger partial charge in [0.05, 0.1) is 10.5 Å². The molecule has 0 bridgehead atoms. The van der Waals surface area contributed by atoms with Crippen LogP contribution in [0.25, 0.3) is 0 Å². The van der Waals surface area contributed by atoms with E-state index in [1.54, 1.807) is 0 Å². The normalized spacial score (nSPS) is 22.7. The highest BCUT2D eigenvalue weighted by atomic mass is 19.3. The molecule has 2 atom stereocenters. The summed E-state index contributed by atoms with van der Waals surface area (Å²) in [7, 11) is 0. The molecule has 2 unspecified atom stereocenters. The molecule has 7 heteroatoms. The smallest absolute Gasteiger partial charge is 0.270 e. The molecule has 104 valence electrons. The largest absolute Gasteiger partial charge is 0.488 e. The Balaban J connectivity index is 2.26. The molecule has 0 aliphatic heterocycles. The standard InChI is InChI=1S/C12H14F2N2O3/c13-12(14)8-6-7(16(17)18)4-5-10(8)19-11-3-1-2-9(11)15/h4-6,9,11-12H,1-3,15H2. The van der Waals surface area contributed by atoms with E-state index >= 15 is 0 Å². The van der Waals surface area contributed by atoms with Gasteiger partial charge in [-0.25, -0.2) is 8.78 Å². The number of nitro benzene ring substituents is 1. The summed E-state index contributed by atoms with van der Waals surface area (Å²) in [5, 5.41) is 10.6. The molecular weight excluding hydrogens is 258 g/mol. The summed E-state index contributed by atoms with van der Waals surface area (Å²) in [4.78, 5) is 9.87. The van der Waals surface area contributed by atoms with E-state index in [2.05, 4.69) is 0 Å². The van der Waals surface area contributed by atoms with Crippen LogP contribution in [0.2, 0.25) is 0 Å². The van der Waals surface area contributed by atoms with Crippen molar-refractivity contribution < 1.29 is 18.4 Å². The van der Waals surface area contributed by atoms with Crippen molar-refractivity contribution in [2.75, 3.05) is 0 Å². The topological polar surface area (TPSA) is 78.4 Å². The van der Waals surface area contributed by atoms with Crippen molar-refractivity contribution in [1.29, 1.82) is 0 Å². The van der Waals surface area contributed by atoms with Crippen molar-refractivity contribution in [3.05, 3.63) is 33.9 Å². The lowest BCUT2D eigenvalue weighted by molar-refractivity contribution is -0.385. The highest BCUT2D eigenvalue weighted by Gasteiger charge is 2.28. The van der Waals surface area contributed by atoms with Gasteiger partial charge in [-0.1, -0.05) is 0 Å². The minimum absolute atomic E-state index is 0.0250. The molecule has 19 heavy (non-hydrogen) atoms. The number of nitro groups is 1. The van der Waals surface area contributed by atoms with Gasteiger partial charge in [-0.15, -0.1) is 0 Å². The first-order valence-corrected chi connectivity index (χ1v) is 5.97. The Morgan fingerprint density at radius 2 is 2.16 bits per heavy atom. The SMILES string of the molecule is NC1CCCC1Oc1ccc([N+](=O)[O-])cc1C(F)F. The van der Waals surface area contributed by atoms with Crippen molar-refractivity contribution in [2.24, 2.45) is 5.73 Å². The molecule has 0 radical (unpaired) electrons. The molecule has 0 aromatic heterocycles. The van der Waals surface area contributed by atoms with E-state index in [0.717, 1.165) is 25.0 Å². The summed E-state index contributed by atoms with van der Waals surface area (Å²) in [6.45, 7) is 0. The molecule has 1 aliphatic carbocycles. The second-order valence-electron chi connectivity index (χ2n) is 4.53. The molecule has 1 aliphatic rings. The first-order chi connectivity index (χ1) is 8.99. The van der Waals surface area contributed by atoms with Crippen molar-refractivity contribution in [3.8, 4) is 5.75 Å². The Morgan fingerprint density at radius 1 is 1.42 bits per heavy atom. The molecule has 2 N–H and O–H groups in total. The number of halogens is 2. The minimum Gasteiger partial charge on any atom is -0.488 e. The maximum absolute atomic E-state index is 12.9. The van der Waals surface area contributed by atoms with Crippen LogP contribution in [0.15, 0.2) is 18.2 Å². The lowest BCUT2D eigenvalue weighted by Gasteiger charge is -2.19. The van der Waals surface area contributed by atoms with Gasteiger partial charge in [-0.3, -0.25) is 10.1 Å². The monoisotopic (exact) mass is 272 g/mol. The Labute approximate surface area is 108 Å². The summed E-state index contributed by atoms with van der Waals surface area (Å²) < 4.78 is 31.3. The van der Waals surface area contributed by atoms with Gasteiger partial charge >= 0.3 is 0 Å². The summed E-state index contributed by atoms with van der Waals surface area (Å²) in [6.07, 6.45) is -0.739. The molecule has 0 saturated heterocycles. The van der Waals surface area contributed by atoms with E-state index in [0.29, 0.717) is 6.42 Å². The number of hydrogen-bond donors (Lipinski definition) is 1. The van der Waals surface area contributed by atoms with Crippen LogP contribution in [-0.4, -0.2) is 17.1 Å². The lowest BCUT2D eigenvalue weighted by atomic mass is 10.1. The number of ether oxygens (including phenoxy) is 1. The quantitative estimate of drug-likeness (QED) is 0.675. The minimum atomic E-state index is -2.83. The number of hydrogen-bond acceptors (Lipinski definition) is 4. The zero-order valence-corrected chi connectivity index (χ0v) is 10.1. The van der Waals surface area contributed by atoms with Gasteiger partial charge in [-0.2, -0.15) is 0 Å². The fourth-order valence-corrected chi connectivity index (χ4v) is 2.19. The molecule has 1 saturated carbocycles. The molecule has 2 rings (SSSR count). The van der Waals surface area contributed by atoms with E-state index in [1.807, 2.05) is 0 Å². The number of benzene rings is 1. The van der Waals surface area contributed by atoms with Gasteiger partial charge < -0.3 is 10.5 Å². The first-order valence-electron chi connectivity index (χ1n) is 5.97. The van der Waals surface area contributed by atoms with Crippen LogP contribution in [-0.2, 0) is 0 Å². The Kier molecular flexibility index (Phi) is 3.94. The Bertz CT molecular complexity index is 482. The van der Waals surface area contributed by atoms with Crippen molar-refractivity contribution >= 4 is 5.69 Å². The van der Waals surface area contributed by atoms with Gasteiger partial charge in [0.2, 0.25) is 0 Å². The Hall–Kier alpha value is -1.76. The molecule has 5 nitrogen and oxygen atoms in total. The molecule has 0 amide bonds. The van der Waals surface area contributed by atoms with Gasteiger partial charge in [0.15, 0.2) is 0 Å². The van der Waals surface area contributed by atoms with E-state index in [-0.39, 0.29) is 23.6 Å². The van der Waals surface area contributed by atoms with Gasteiger partial charge in [0.1, 0.15) is 11.9 Å². The zero-order chi connectivity index (χ0) is 14.0. The third-order valence-corrected chi connectivity index (χ3v) is 3.22. The van der Waals surface area contributed by atoms with Crippen LogP contribution in [0.5, 0.6) is 5.75 Å². The fourth-order valence-electron chi connectivity index (χ4n) is 2.19. The summed E-state index contributed by atoms with van der Waals surface area (Å²) >= 11 is 0. The molecule has 1 aromatic rings. The van der Waals surface area contributed by atoms with Crippen LogP contribution in [0, 0.1) is 10.1 Å². The van der Waals surface area contributed by atoms with Crippen molar-refractivity contribution in [1.82, 2.24) is 0 Å². The zero-order valence-electron chi connectivity index (χ0n) is 10.1. The van der Waals surface area contributed by atoms with E-state index in [1.165, 1.54) is 6.07 Å². The maximum atomic E-state index is 12.9. The first kappa shape index (κ1) is 13.7. The third-order valence-electron chi connectivity index (χ3n) is 3.22. The van der Waals surface area contributed by atoms with E-state index in [9.17, 15) is 18.9 Å². The Morgan fingerprint density at radius 3 is 2.68 bits per heavy atom. The highest BCUT2D eigenvalue weighted by molar-refractivity contribution is 5.44. The average Bonchev–Trinajstić information content (AvgIpc) is 2.75. The number of nitrogens with zero attached hydrogens (tertiary/aromatic N) is 1. The van der Waals surface area contributed by atoms with Crippen LogP contribution in [0.1, 0.15) is 31.3 Å². The summed E-state index contributed by atoms with van der Waals surface area (Å²) in [6, 6.07) is 3.04. The van der Waals surface area contributed by atoms with Gasteiger partial charge in [0.25, 0.3) is 12.1 Å². The second kappa shape index (κ2) is 5.48. The average molecular weight is 272 g/mol. The van der Waals surface area contributed by atoms with E-state index in [4.69, 9.17) is 10.5 Å². The van der Waals surface area contributed by atoms with Crippen LogP contribution >= 0.6 is 0 Å². The van der Waals surface area contributed by atoms with E-state index < -0.39 is 16.9 Å². The van der Waals surface area contributed by atoms with Gasteiger partial charge in [0, 0.05) is 18.2 Å². The highest BCUT2D eigenvalue weighted by Crippen LogP contribution is 2.34. The number of nitrogens with two attached hydrogens (primary N) is 1. The van der Waals surface area contributed by atoms with Crippen molar-refractivity contribution in [2.45, 2.75) is 37.8 Å². The lowest BCUT2D eigenvalue weighted by Crippen LogP contribution is -2.33. The second-order valence-corrected chi connectivity index (χ2v) is 4.53. The molecule has 0 heterocycles. The van der Waals surface area contributed by atoms with Crippen molar-refractivity contribution in [3.63, 3.8) is 0 Å². The predicted molar refractivity (Wildman–Crippen MR) is 64.3 cm³/mol. The fraction of sp³-hybridized carbons (Fsp3) is 0.500. The third kappa shape index (κ3) is 2.98. The van der Waals surface area contributed by atoms with Crippen LogP contribution < -0.4 is 10.5 Å². The molecular formula is C12H14F2N2O3. The molecule has 0 spiro atoms. The maximum Gasteiger partial charge on any atom is 0.270 e. The van der Waals surface area contributed by atoms with Crippen LogP contribution in [0.4, 0.5) is 14.5 Å². The van der Waals surface area contributed by atoms with Crippen LogP contribution in [0.3, 0.4) is 0 Å². The summed E-state index contributed by atoms with van der Waals surface area (Å²) in [5.74, 6) is -0.0250. The number of non-ortho nitro benzene ring substituents is 1. The number of alkyl halides is 2. The summed E-state index contributed by atoms with van der Waals surface area (Å²) in [5.41, 5.74) is 4.97.